The number of carbonyl (C=O) groups excluding carboxylic acids is 2. The molecule has 1 unspecified atom stereocenters. The number of carbonyl (C=O) groups is 2. The Balaban J connectivity index is 1.83. The zero-order valence-corrected chi connectivity index (χ0v) is 14.5. The topological polar surface area (TPSA) is 87.5 Å². The average molecular weight is 332 g/mol. The number of rotatable bonds is 7. The van der Waals surface area contributed by atoms with E-state index >= 15 is 0 Å². The predicted molar refractivity (Wildman–Crippen MR) is 95.9 cm³/mol. The van der Waals surface area contributed by atoms with Crippen molar-refractivity contribution in [3.05, 3.63) is 29.8 Å². The molecule has 0 spiro atoms. The molecule has 1 heterocycles. The Kier molecular flexibility index (Phi) is 6.75. The molecule has 0 saturated carbocycles. The smallest absolute Gasteiger partial charge is 0.248 e. The van der Waals surface area contributed by atoms with Gasteiger partial charge in [-0.2, -0.15) is 0 Å². The molecule has 0 radical (unpaired) electrons. The number of hydrogen-bond donors (Lipinski definition) is 3. The minimum Gasteiger partial charge on any atom is -0.366 e. The fraction of sp³-hybridized carbons (Fsp3) is 0.556. The lowest BCUT2D eigenvalue weighted by Crippen LogP contribution is -2.46. The number of primary amides is 1. The van der Waals surface area contributed by atoms with Gasteiger partial charge in [0.25, 0.3) is 0 Å². The first kappa shape index (κ1) is 18.4. The highest BCUT2D eigenvalue weighted by Crippen LogP contribution is 2.22. The molecule has 0 aromatic heterocycles. The number of benzene rings is 1. The molecule has 0 bridgehead atoms. The van der Waals surface area contributed by atoms with E-state index in [-0.39, 0.29) is 11.9 Å². The molecule has 1 aliphatic rings. The molecule has 6 nitrogen and oxygen atoms in total. The summed E-state index contributed by atoms with van der Waals surface area (Å²) in [5.41, 5.74) is 6.33. The minimum atomic E-state index is -0.470. The molecule has 1 saturated heterocycles. The van der Waals surface area contributed by atoms with E-state index < -0.39 is 5.91 Å². The summed E-state index contributed by atoms with van der Waals surface area (Å²) in [5.74, 6) is 0.267. The molecule has 1 aromatic rings. The Hall–Kier alpha value is -1.92. The van der Waals surface area contributed by atoms with E-state index in [4.69, 9.17) is 5.73 Å². The Morgan fingerprint density at radius 2 is 1.88 bits per heavy atom. The number of nitrogens with two attached hydrogens (primary N) is 1. The van der Waals surface area contributed by atoms with Gasteiger partial charge >= 0.3 is 0 Å². The number of likely N-dealkylation sites (tertiary alicyclic amines) is 1. The van der Waals surface area contributed by atoms with E-state index in [9.17, 15) is 9.59 Å². The minimum absolute atomic E-state index is 0.0181. The largest absolute Gasteiger partial charge is 0.366 e. The van der Waals surface area contributed by atoms with E-state index in [1.54, 1.807) is 24.3 Å². The zero-order chi connectivity index (χ0) is 17.5. The molecular formula is C18H28N4O2. The van der Waals surface area contributed by atoms with Gasteiger partial charge in [0, 0.05) is 11.3 Å². The average Bonchev–Trinajstić information content (AvgIpc) is 2.60. The molecule has 2 amide bonds. The summed E-state index contributed by atoms with van der Waals surface area (Å²) < 4.78 is 0. The van der Waals surface area contributed by atoms with Crippen molar-refractivity contribution < 1.29 is 9.59 Å². The van der Waals surface area contributed by atoms with E-state index in [1.807, 2.05) is 14.0 Å². The SMILES string of the molecule is CNCCC1CCN(C(C)C(=O)Nc2ccc(C(N)=O)cc2)CC1. The fourth-order valence-electron chi connectivity index (χ4n) is 3.11. The number of piperidine rings is 1. The van der Waals surface area contributed by atoms with Crippen LogP contribution in [0.1, 0.15) is 36.5 Å². The summed E-state index contributed by atoms with van der Waals surface area (Å²) in [5, 5.41) is 6.11. The van der Waals surface area contributed by atoms with Crippen molar-refractivity contribution in [2.75, 3.05) is 32.0 Å². The maximum absolute atomic E-state index is 12.4. The van der Waals surface area contributed by atoms with Crippen LogP contribution in [-0.4, -0.2) is 49.4 Å². The summed E-state index contributed by atoms with van der Waals surface area (Å²) in [4.78, 5) is 25.7. The lowest BCUT2D eigenvalue weighted by atomic mass is 9.93. The lowest BCUT2D eigenvalue weighted by molar-refractivity contribution is -0.121. The van der Waals surface area contributed by atoms with Crippen LogP contribution >= 0.6 is 0 Å². The van der Waals surface area contributed by atoms with Gasteiger partial charge in [0.2, 0.25) is 11.8 Å². The van der Waals surface area contributed by atoms with Gasteiger partial charge in [-0.1, -0.05) is 0 Å². The monoisotopic (exact) mass is 332 g/mol. The van der Waals surface area contributed by atoms with Gasteiger partial charge in [0.05, 0.1) is 6.04 Å². The highest BCUT2D eigenvalue weighted by molar-refractivity contribution is 5.96. The van der Waals surface area contributed by atoms with Crippen molar-refractivity contribution in [3.63, 3.8) is 0 Å². The molecule has 1 atom stereocenters. The maximum atomic E-state index is 12.4. The second-order valence-corrected chi connectivity index (χ2v) is 6.48. The van der Waals surface area contributed by atoms with E-state index in [0.717, 1.165) is 38.4 Å². The van der Waals surface area contributed by atoms with Crippen LogP contribution in [0.25, 0.3) is 0 Å². The number of nitrogens with one attached hydrogen (secondary N) is 2. The first-order chi connectivity index (χ1) is 11.5. The third-order valence-electron chi connectivity index (χ3n) is 4.82. The van der Waals surface area contributed by atoms with Crippen molar-refractivity contribution in [1.29, 1.82) is 0 Å². The predicted octanol–water partition coefficient (Wildman–Crippen LogP) is 1.43. The van der Waals surface area contributed by atoms with Crippen LogP contribution < -0.4 is 16.4 Å². The summed E-state index contributed by atoms with van der Waals surface area (Å²) in [7, 11) is 1.98. The van der Waals surface area contributed by atoms with Gasteiger partial charge in [0.1, 0.15) is 0 Å². The second-order valence-electron chi connectivity index (χ2n) is 6.48. The molecule has 6 heteroatoms. The number of anilines is 1. The normalized spacial score (nSPS) is 17.4. The van der Waals surface area contributed by atoms with Crippen LogP contribution in [0.2, 0.25) is 0 Å². The summed E-state index contributed by atoms with van der Waals surface area (Å²) >= 11 is 0. The molecular weight excluding hydrogens is 304 g/mol. The van der Waals surface area contributed by atoms with Crippen LogP contribution in [0.15, 0.2) is 24.3 Å². The number of amides is 2. The molecule has 24 heavy (non-hydrogen) atoms. The molecule has 2 rings (SSSR count). The van der Waals surface area contributed by atoms with Crippen molar-refractivity contribution >= 4 is 17.5 Å². The molecule has 0 aliphatic carbocycles. The van der Waals surface area contributed by atoms with Crippen molar-refractivity contribution in [1.82, 2.24) is 10.2 Å². The maximum Gasteiger partial charge on any atom is 0.248 e. The lowest BCUT2D eigenvalue weighted by Gasteiger charge is -2.35. The molecule has 1 fully saturated rings. The van der Waals surface area contributed by atoms with Crippen LogP contribution in [0.5, 0.6) is 0 Å². The molecule has 132 valence electrons. The van der Waals surface area contributed by atoms with Gasteiger partial charge in [-0.25, -0.2) is 0 Å². The summed E-state index contributed by atoms with van der Waals surface area (Å²) in [6.45, 7) is 4.93. The van der Waals surface area contributed by atoms with Crippen LogP contribution in [0.3, 0.4) is 0 Å². The van der Waals surface area contributed by atoms with Gasteiger partial charge in [-0.15, -0.1) is 0 Å². The Morgan fingerprint density at radius 1 is 1.25 bits per heavy atom. The number of nitrogens with zero attached hydrogens (tertiary/aromatic N) is 1. The van der Waals surface area contributed by atoms with Gasteiger partial charge < -0.3 is 16.4 Å². The van der Waals surface area contributed by atoms with Crippen LogP contribution in [-0.2, 0) is 4.79 Å². The van der Waals surface area contributed by atoms with Gasteiger partial charge in [-0.3, -0.25) is 14.5 Å². The number of hydrogen-bond acceptors (Lipinski definition) is 4. The van der Waals surface area contributed by atoms with Crippen LogP contribution in [0.4, 0.5) is 5.69 Å². The highest BCUT2D eigenvalue weighted by Gasteiger charge is 2.26. The quantitative estimate of drug-likeness (QED) is 0.705. The van der Waals surface area contributed by atoms with Crippen LogP contribution in [0, 0.1) is 5.92 Å². The Bertz CT molecular complexity index is 551. The third kappa shape index (κ3) is 5.04. The Morgan fingerprint density at radius 3 is 2.42 bits per heavy atom. The third-order valence-corrected chi connectivity index (χ3v) is 4.82. The highest BCUT2D eigenvalue weighted by atomic mass is 16.2. The molecule has 1 aromatic carbocycles. The van der Waals surface area contributed by atoms with Crippen molar-refractivity contribution in [2.45, 2.75) is 32.2 Å². The molecule has 1 aliphatic heterocycles. The first-order valence-corrected chi connectivity index (χ1v) is 8.60. The van der Waals surface area contributed by atoms with E-state index in [0.29, 0.717) is 11.3 Å². The first-order valence-electron chi connectivity index (χ1n) is 8.60. The second kappa shape index (κ2) is 8.80. The summed E-state index contributed by atoms with van der Waals surface area (Å²) in [6.07, 6.45) is 3.50. The molecule has 4 N–H and O–H groups in total. The van der Waals surface area contributed by atoms with Crippen molar-refractivity contribution in [3.8, 4) is 0 Å². The Labute approximate surface area is 143 Å². The van der Waals surface area contributed by atoms with Gasteiger partial charge in [-0.05, 0) is 83.1 Å². The standard InChI is InChI=1S/C18H28N4O2/c1-13(22-11-8-14(9-12-22)7-10-20-2)18(24)21-16-5-3-15(4-6-16)17(19)23/h3-6,13-14,20H,7-12H2,1-2H3,(H2,19,23)(H,21,24). The van der Waals surface area contributed by atoms with Gasteiger partial charge in [0.15, 0.2) is 0 Å². The summed E-state index contributed by atoms with van der Waals surface area (Å²) in [6, 6.07) is 6.49. The van der Waals surface area contributed by atoms with E-state index in [1.165, 1.54) is 6.42 Å². The van der Waals surface area contributed by atoms with E-state index in [2.05, 4.69) is 15.5 Å². The zero-order valence-electron chi connectivity index (χ0n) is 14.5. The fourth-order valence-corrected chi connectivity index (χ4v) is 3.11. The van der Waals surface area contributed by atoms with Crippen molar-refractivity contribution in [2.24, 2.45) is 11.7 Å².